The van der Waals surface area contributed by atoms with Crippen molar-refractivity contribution in [1.82, 2.24) is 0 Å². The van der Waals surface area contributed by atoms with Crippen molar-refractivity contribution >= 4 is 5.69 Å². The van der Waals surface area contributed by atoms with E-state index in [2.05, 4.69) is 23.5 Å². The van der Waals surface area contributed by atoms with Gasteiger partial charge in [-0.15, -0.1) is 0 Å². The third kappa shape index (κ3) is 3.45. The molecule has 1 aliphatic carbocycles. The fraction of sp³-hybridized carbons (Fsp3) is 0.500. The molecular weight excluding hydrogens is 334 g/mol. The van der Waals surface area contributed by atoms with E-state index in [4.69, 9.17) is 9.47 Å². The maximum atomic E-state index is 6.34. The first-order chi connectivity index (χ1) is 13.4. The highest BCUT2D eigenvalue weighted by Crippen LogP contribution is 2.48. The Hall–Kier alpha value is -2.00. The lowest BCUT2D eigenvalue weighted by Gasteiger charge is -2.47. The molecule has 3 atom stereocenters. The van der Waals surface area contributed by atoms with Crippen molar-refractivity contribution in [3.63, 3.8) is 0 Å². The fourth-order valence-electron chi connectivity index (χ4n) is 5.34. The van der Waals surface area contributed by atoms with Gasteiger partial charge in [0.1, 0.15) is 11.5 Å². The molecule has 5 rings (SSSR count). The van der Waals surface area contributed by atoms with Gasteiger partial charge in [-0.2, -0.15) is 0 Å². The molecule has 2 heterocycles. The second-order valence-electron chi connectivity index (χ2n) is 8.33. The molecule has 1 N–H and O–H groups in total. The lowest BCUT2D eigenvalue weighted by atomic mass is 9.71. The van der Waals surface area contributed by atoms with Crippen LogP contribution in [0.2, 0.25) is 0 Å². The lowest BCUT2D eigenvalue weighted by molar-refractivity contribution is -0.0458. The van der Waals surface area contributed by atoms with Crippen LogP contribution in [0.15, 0.2) is 48.5 Å². The van der Waals surface area contributed by atoms with Crippen molar-refractivity contribution < 1.29 is 9.47 Å². The number of anilines is 1. The SMILES string of the molecule is c1ccc(Oc2ccc3c(c2)[C@H]2OCCC[C@H]2C(C2CCCCC2)N3)cc1. The molecule has 0 amide bonds. The smallest absolute Gasteiger partial charge is 0.127 e. The van der Waals surface area contributed by atoms with Gasteiger partial charge in [-0.25, -0.2) is 0 Å². The Bertz CT molecular complexity index is 769. The lowest BCUT2D eigenvalue weighted by Crippen LogP contribution is -2.46. The van der Waals surface area contributed by atoms with Crippen LogP contribution in [-0.4, -0.2) is 12.6 Å². The molecule has 0 bridgehead atoms. The molecule has 3 heteroatoms. The molecule has 2 aliphatic heterocycles. The van der Waals surface area contributed by atoms with Gasteiger partial charge >= 0.3 is 0 Å². The van der Waals surface area contributed by atoms with Gasteiger partial charge in [0.2, 0.25) is 0 Å². The molecular formula is C24H29NO2. The van der Waals surface area contributed by atoms with Crippen LogP contribution < -0.4 is 10.1 Å². The minimum atomic E-state index is 0.209. The van der Waals surface area contributed by atoms with Crippen LogP contribution in [-0.2, 0) is 4.74 Å². The van der Waals surface area contributed by atoms with Crippen LogP contribution in [0.25, 0.3) is 0 Å². The van der Waals surface area contributed by atoms with Crippen molar-refractivity contribution in [3.05, 3.63) is 54.1 Å². The summed E-state index contributed by atoms with van der Waals surface area (Å²) in [6, 6.07) is 17.0. The van der Waals surface area contributed by atoms with Gasteiger partial charge in [0.05, 0.1) is 6.10 Å². The molecule has 2 aromatic rings. The van der Waals surface area contributed by atoms with Crippen molar-refractivity contribution in [3.8, 4) is 11.5 Å². The summed E-state index contributed by atoms with van der Waals surface area (Å²) < 4.78 is 12.4. The molecule has 1 saturated heterocycles. The molecule has 2 fully saturated rings. The zero-order valence-electron chi connectivity index (χ0n) is 15.9. The Morgan fingerprint density at radius 3 is 2.56 bits per heavy atom. The first-order valence-corrected chi connectivity index (χ1v) is 10.6. The molecule has 0 radical (unpaired) electrons. The monoisotopic (exact) mass is 363 g/mol. The van der Waals surface area contributed by atoms with Crippen molar-refractivity contribution in [2.24, 2.45) is 11.8 Å². The van der Waals surface area contributed by atoms with E-state index >= 15 is 0 Å². The Morgan fingerprint density at radius 2 is 1.70 bits per heavy atom. The first kappa shape index (κ1) is 17.1. The van der Waals surface area contributed by atoms with E-state index in [0.29, 0.717) is 12.0 Å². The summed E-state index contributed by atoms with van der Waals surface area (Å²) >= 11 is 0. The summed E-state index contributed by atoms with van der Waals surface area (Å²) in [4.78, 5) is 0. The third-order valence-electron chi connectivity index (χ3n) is 6.62. The minimum Gasteiger partial charge on any atom is -0.457 e. The number of para-hydroxylation sites is 1. The topological polar surface area (TPSA) is 30.5 Å². The maximum absolute atomic E-state index is 6.34. The van der Waals surface area contributed by atoms with Crippen molar-refractivity contribution in [2.75, 3.05) is 11.9 Å². The fourth-order valence-corrected chi connectivity index (χ4v) is 5.34. The van der Waals surface area contributed by atoms with Gasteiger partial charge < -0.3 is 14.8 Å². The van der Waals surface area contributed by atoms with Crippen LogP contribution in [0.3, 0.4) is 0 Å². The van der Waals surface area contributed by atoms with Crippen LogP contribution in [0.1, 0.15) is 56.6 Å². The Balaban J connectivity index is 1.44. The highest BCUT2D eigenvalue weighted by molar-refractivity contribution is 5.59. The molecule has 142 valence electrons. The van der Waals surface area contributed by atoms with E-state index in [9.17, 15) is 0 Å². The molecule has 3 nitrogen and oxygen atoms in total. The summed E-state index contributed by atoms with van der Waals surface area (Å²) in [6.45, 7) is 0.877. The van der Waals surface area contributed by atoms with Crippen molar-refractivity contribution in [1.29, 1.82) is 0 Å². The second kappa shape index (κ2) is 7.55. The van der Waals surface area contributed by atoms with E-state index in [1.54, 1.807) is 0 Å². The quantitative estimate of drug-likeness (QED) is 0.692. The number of fused-ring (bicyclic) bond motifs is 3. The number of ether oxygens (including phenoxy) is 2. The second-order valence-corrected chi connectivity index (χ2v) is 8.33. The molecule has 0 spiro atoms. The number of hydrogen-bond donors (Lipinski definition) is 1. The van der Waals surface area contributed by atoms with E-state index < -0.39 is 0 Å². The standard InChI is InChI=1S/C24H29NO2/c1-3-8-17(9-4-1)23-20-12-7-15-26-24(20)21-16-19(13-14-22(21)25-23)27-18-10-5-2-6-11-18/h2,5-6,10-11,13-14,16-17,20,23-25H,1,3-4,7-9,12,15H2/t20-,23?,24-/m0/s1. The summed E-state index contributed by atoms with van der Waals surface area (Å²) in [5.41, 5.74) is 2.52. The number of rotatable bonds is 3. The van der Waals surface area contributed by atoms with Crippen molar-refractivity contribution in [2.45, 2.75) is 57.1 Å². The molecule has 0 aromatic heterocycles. The maximum Gasteiger partial charge on any atom is 0.127 e. The van der Waals surface area contributed by atoms with Gasteiger partial charge in [-0.3, -0.25) is 0 Å². The van der Waals surface area contributed by atoms with E-state index in [0.717, 1.165) is 24.0 Å². The molecule has 2 aromatic carbocycles. The van der Waals surface area contributed by atoms with Crippen LogP contribution in [0.4, 0.5) is 5.69 Å². The predicted molar refractivity (Wildman–Crippen MR) is 108 cm³/mol. The number of nitrogens with one attached hydrogen (secondary N) is 1. The molecule has 3 aliphatic rings. The molecule has 1 saturated carbocycles. The average molecular weight is 364 g/mol. The zero-order chi connectivity index (χ0) is 18.1. The Kier molecular flexibility index (Phi) is 4.79. The van der Waals surface area contributed by atoms with Gasteiger partial charge in [0.25, 0.3) is 0 Å². The van der Waals surface area contributed by atoms with Crippen LogP contribution in [0.5, 0.6) is 11.5 Å². The van der Waals surface area contributed by atoms with Crippen LogP contribution >= 0.6 is 0 Å². The van der Waals surface area contributed by atoms with Gasteiger partial charge in [-0.1, -0.05) is 37.5 Å². The minimum absolute atomic E-state index is 0.209. The van der Waals surface area contributed by atoms with Gasteiger partial charge in [0.15, 0.2) is 0 Å². The number of benzene rings is 2. The van der Waals surface area contributed by atoms with Gasteiger partial charge in [-0.05, 0) is 61.9 Å². The summed E-state index contributed by atoms with van der Waals surface area (Å²) in [7, 11) is 0. The van der Waals surface area contributed by atoms with E-state index in [1.165, 1.54) is 56.2 Å². The van der Waals surface area contributed by atoms with Crippen LogP contribution in [0, 0.1) is 11.8 Å². The zero-order valence-corrected chi connectivity index (χ0v) is 15.9. The Labute approximate surface area is 162 Å². The average Bonchev–Trinajstić information content (AvgIpc) is 2.75. The summed E-state index contributed by atoms with van der Waals surface area (Å²) in [6.07, 6.45) is 9.57. The summed E-state index contributed by atoms with van der Waals surface area (Å²) in [5.74, 6) is 3.15. The predicted octanol–water partition coefficient (Wildman–Crippen LogP) is 6.32. The third-order valence-corrected chi connectivity index (χ3v) is 6.62. The van der Waals surface area contributed by atoms with Gasteiger partial charge in [0, 0.05) is 29.8 Å². The summed E-state index contributed by atoms with van der Waals surface area (Å²) in [5, 5.41) is 3.92. The molecule has 27 heavy (non-hydrogen) atoms. The molecule has 1 unspecified atom stereocenters. The highest BCUT2D eigenvalue weighted by atomic mass is 16.5. The largest absolute Gasteiger partial charge is 0.457 e. The Morgan fingerprint density at radius 1 is 0.852 bits per heavy atom. The normalized spacial score (nSPS) is 27.9. The highest BCUT2D eigenvalue weighted by Gasteiger charge is 2.42. The number of hydrogen-bond acceptors (Lipinski definition) is 3. The van der Waals surface area contributed by atoms with E-state index in [-0.39, 0.29) is 6.10 Å². The van der Waals surface area contributed by atoms with E-state index in [1.807, 2.05) is 30.3 Å². The first-order valence-electron chi connectivity index (χ1n) is 10.6.